The van der Waals surface area contributed by atoms with E-state index < -0.39 is 15.6 Å². The minimum Gasteiger partial charge on any atom is -0.377 e. The van der Waals surface area contributed by atoms with Crippen molar-refractivity contribution >= 4 is 15.9 Å². The summed E-state index contributed by atoms with van der Waals surface area (Å²) in [7, 11) is -3.60. The normalized spacial score (nSPS) is 17.8. The summed E-state index contributed by atoms with van der Waals surface area (Å²) in [5, 5.41) is 0. The van der Waals surface area contributed by atoms with Gasteiger partial charge in [-0.3, -0.25) is 4.79 Å². The SMILES string of the molecule is CCN(CC)S(=O)(=O)c1ccc(C)c(C(=O)N2CCOCC2(C)C)c1. The molecule has 0 N–H and O–H groups in total. The molecule has 0 bridgehead atoms. The maximum atomic E-state index is 13.1. The molecule has 0 saturated carbocycles. The minimum atomic E-state index is -3.60. The van der Waals surface area contributed by atoms with Crippen LogP contribution in [-0.2, 0) is 14.8 Å². The molecule has 7 heteroatoms. The van der Waals surface area contributed by atoms with E-state index in [1.807, 2.05) is 20.8 Å². The van der Waals surface area contributed by atoms with E-state index in [-0.39, 0.29) is 10.8 Å². The molecule has 0 unspecified atom stereocenters. The summed E-state index contributed by atoms with van der Waals surface area (Å²) in [6.07, 6.45) is 0. The summed E-state index contributed by atoms with van der Waals surface area (Å²) in [6, 6.07) is 4.79. The van der Waals surface area contributed by atoms with E-state index in [4.69, 9.17) is 4.74 Å². The van der Waals surface area contributed by atoms with Crippen molar-refractivity contribution < 1.29 is 17.9 Å². The topological polar surface area (TPSA) is 66.9 Å². The molecule has 1 saturated heterocycles. The van der Waals surface area contributed by atoms with Crippen LogP contribution in [-0.4, -0.2) is 61.9 Å². The minimum absolute atomic E-state index is 0.151. The fourth-order valence-corrected chi connectivity index (χ4v) is 4.57. The molecule has 0 aliphatic carbocycles. The Kier molecular flexibility index (Phi) is 5.91. The quantitative estimate of drug-likeness (QED) is 0.800. The van der Waals surface area contributed by atoms with Crippen LogP contribution in [0.15, 0.2) is 23.1 Å². The van der Waals surface area contributed by atoms with E-state index >= 15 is 0 Å². The number of carbonyl (C=O) groups excluding carboxylic acids is 1. The van der Waals surface area contributed by atoms with Gasteiger partial charge in [0, 0.05) is 25.2 Å². The van der Waals surface area contributed by atoms with Gasteiger partial charge in [-0.2, -0.15) is 4.31 Å². The van der Waals surface area contributed by atoms with Gasteiger partial charge in [0.2, 0.25) is 10.0 Å². The van der Waals surface area contributed by atoms with E-state index in [1.54, 1.807) is 30.9 Å². The lowest BCUT2D eigenvalue weighted by atomic mass is 9.99. The molecule has 1 aliphatic rings. The zero-order valence-corrected chi connectivity index (χ0v) is 16.5. The first kappa shape index (κ1) is 19.9. The van der Waals surface area contributed by atoms with Gasteiger partial charge in [0.15, 0.2) is 0 Å². The van der Waals surface area contributed by atoms with Gasteiger partial charge in [-0.1, -0.05) is 19.9 Å². The molecule has 0 aromatic heterocycles. The van der Waals surface area contributed by atoms with Crippen LogP contribution in [0, 0.1) is 6.92 Å². The second-order valence-corrected chi connectivity index (χ2v) is 8.83. The molecule has 1 amide bonds. The summed E-state index contributed by atoms with van der Waals surface area (Å²) >= 11 is 0. The lowest BCUT2D eigenvalue weighted by molar-refractivity contribution is -0.0371. The Morgan fingerprint density at radius 2 is 1.92 bits per heavy atom. The van der Waals surface area contributed by atoms with Crippen molar-refractivity contribution in [3.63, 3.8) is 0 Å². The smallest absolute Gasteiger partial charge is 0.254 e. The number of hydrogen-bond donors (Lipinski definition) is 0. The first-order chi connectivity index (χ1) is 11.6. The van der Waals surface area contributed by atoms with E-state index in [0.717, 1.165) is 5.56 Å². The predicted octanol–water partition coefficient (Wildman–Crippen LogP) is 2.28. The number of carbonyl (C=O) groups is 1. The van der Waals surface area contributed by atoms with Crippen molar-refractivity contribution in [2.45, 2.75) is 45.1 Å². The van der Waals surface area contributed by atoms with Gasteiger partial charge in [0.05, 0.1) is 23.6 Å². The number of amides is 1. The van der Waals surface area contributed by atoms with Gasteiger partial charge in [-0.25, -0.2) is 8.42 Å². The van der Waals surface area contributed by atoms with Crippen LogP contribution in [0.2, 0.25) is 0 Å². The van der Waals surface area contributed by atoms with Gasteiger partial charge in [0.25, 0.3) is 5.91 Å². The van der Waals surface area contributed by atoms with E-state index in [0.29, 0.717) is 38.4 Å². The number of aryl methyl sites for hydroxylation is 1. The Hall–Kier alpha value is -1.44. The maximum absolute atomic E-state index is 13.1. The Morgan fingerprint density at radius 1 is 1.28 bits per heavy atom. The Morgan fingerprint density at radius 3 is 2.48 bits per heavy atom. The third-order valence-electron chi connectivity index (χ3n) is 4.67. The van der Waals surface area contributed by atoms with Crippen LogP contribution >= 0.6 is 0 Å². The fraction of sp³-hybridized carbons (Fsp3) is 0.611. The largest absolute Gasteiger partial charge is 0.377 e. The van der Waals surface area contributed by atoms with E-state index in [1.165, 1.54) is 10.4 Å². The van der Waals surface area contributed by atoms with Crippen molar-refractivity contribution in [1.82, 2.24) is 9.21 Å². The Labute approximate surface area is 150 Å². The van der Waals surface area contributed by atoms with Gasteiger partial charge in [-0.15, -0.1) is 0 Å². The molecule has 1 heterocycles. The third-order valence-corrected chi connectivity index (χ3v) is 6.72. The highest BCUT2D eigenvalue weighted by atomic mass is 32.2. The van der Waals surface area contributed by atoms with Gasteiger partial charge in [0.1, 0.15) is 0 Å². The Balaban J connectivity index is 2.44. The van der Waals surface area contributed by atoms with E-state index in [2.05, 4.69) is 0 Å². The van der Waals surface area contributed by atoms with Crippen LogP contribution in [0.1, 0.15) is 43.6 Å². The van der Waals surface area contributed by atoms with Crippen molar-refractivity contribution in [2.24, 2.45) is 0 Å². The van der Waals surface area contributed by atoms with Gasteiger partial charge < -0.3 is 9.64 Å². The molecular weight excluding hydrogens is 340 g/mol. The first-order valence-corrected chi connectivity index (χ1v) is 10.1. The highest BCUT2D eigenvalue weighted by molar-refractivity contribution is 7.89. The fourth-order valence-electron chi connectivity index (χ4n) is 3.08. The molecule has 0 radical (unpaired) electrons. The zero-order chi connectivity index (χ0) is 18.8. The molecule has 140 valence electrons. The van der Waals surface area contributed by atoms with Crippen LogP contribution in [0.4, 0.5) is 0 Å². The van der Waals surface area contributed by atoms with Crippen LogP contribution < -0.4 is 0 Å². The third kappa shape index (κ3) is 3.88. The molecule has 0 atom stereocenters. The molecule has 1 aromatic carbocycles. The van der Waals surface area contributed by atoms with E-state index in [9.17, 15) is 13.2 Å². The zero-order valence-electron chi connectivity index (χ0n) is 15.7. The standard InChI is InChI=1S/C18H28N2O4S/c1-6-19(7-2)25(22,23)15-9-8-14(3)16(12-15)17(21)20-10-11-24-13-18(20,4)5/h8-9,12H,6-7,10-11,13H2,1-5H3. The first-order valence-electron chi connectivity index (χ1n) is 8.65. The van der Waals surface area contributed by atoms with Crippen molar-refractivity contribution in [2.75, 3.05) is 32.8 Å². The molecular formula is C18H28N2O4S. The molecule has 2 rings (SSSR count). The molecule has 1 aliphatic heterocycles. The monoisotopic (exact) mass is 368 g/mol. The summed E-state index contributed by atoms with van der Waals surface area (Å²) in [5.74, 6) is -0.151. The van der Waals surface area contributed by atoms with Crippen molar-refractivity contribution in [1.29, 1.82) is 0 Å². The summed E-state index contributed by atoms with van der Waals surface area (Å²) in [6.45, 7) is 11.6. The molecule has 1 aromatic rings. The van der Waals surface area contributed by atoms with Crippen molar-refractivity contribution in [3.05, 3.63) is 29.3 Å². The van der Waals surface area contributed by atoms with Crippen LogP contribution in [0.3, 0.4) is 0 Å². The predicted molar refractivity (Wildman–Crippen MR) is 97.2 cm³/mol. The molecule has 6 nitrogen and oxygen atoms in total. The van der Waals surface area contributed by atoms with Crippen LogP contribution in [0.5, 0.6) is 0 Å². The molecule has 1 fully saturated rings. The highest BCUT2D eigenvalue weighted by Crippen LogP contribution is 2.25. The number of benzene rings is 1. The lowest BCUT2D eigenvalue weighted by Crippen LogP contribution is -2.55. The molecule has 0 spiro atoms. The maximum Gasteiger partial charge on any atom is 0.254 e. The van der Waals surface area contributed by atoms with Crippen LogP contribution in [0.25, 0.3) is 0 Å². The number of hydrogen-bond acceptors (Lipinski definition) is 4. The highest BCUT2D eigenvalue weighted by Gasteiger charge is 2.35. The number of sulfonamides is 1. The molecule has 25 heavy (non-hydrogen) atoms. The Bertz CT molecular complexity index is 739. The number of rotatable bonds is 5. The van der Waals surface area contributed by atoms with Gasteiger partial charge >= 0.3 is 0 Å². The second kappa shape index (κ2) is 7.43. The summed E-state index contributed by atoms with van der Waals surface area (Å²) < 4.78 is 32.4. The number of morpholine rings is 1. The van der Waals surface area contributed by atoms with Gasteiger partial charge in [-0.05, 0) is 38.5 Å². The summed E-state index contributed by atoms with van der Waals surface area (Å²) in [5.41, 5.74) is 0.782. The lowest BCUT2D eigenvalue weighted by Gasteiger charge is -2.42. The average Bonchev–Trinajstić information content (AvgIpc) is 2.55. The number of ether oxygens (including phenoxy) is 1. The number of nitrogens with zero attached hydrogens (tertiary/aromatic N) is 2. The second-order valence-electron chi connectivity index (χ2n) is 6.89. The van der Waals surface area contributed by atoms with Crippen molar-refractivity contribution in [3.8, 4) is 0 Å². The average molecular weight is 368 g/mol. The summed E-state index contributed by atoms with van der Waals surface area (Å²) in [4.78, 5) is 15.0.